The third kappa shape index (κ3) is 5.87. The van der Waals surface area contributed by atoms with Gasteiger partial charge in [0.05, 0.1) is 17.4 Å². The summed E-state index contributed by atoms with van der Waals surface area (Å²) >= 11 is 0. The van der Waals surface area contributed by atoms with E-state index < -0.39 is 21.7 Å². The number of nitrogens with one attached hydrogen (secondary N) is 1. The average molecular weight is 438 g/mol. The van der Waals surface area contributed by atoms with E-state index in [9.17, 15) is 17.6 Å². The quantitative estimate of drug-likeness (QED) is 0.579. The number of pyridine rings is 1. The van der Waals surface area contributed by atoms with E-state index in [1.165, 1.54) is 41.3 Å². The molecule has 0 atom stereocenters. The lowest BCUT2D eigenvalue weighted by atomic mass is 10.1. The van der Waals surface area contributed by atoms with Gasteiger partial charge in [0, 0.05) is 36.7 Å². The van der Waals surface area contributed by atoms with Gasteiger partial charge in [0.15, 0.2) is 0 Å². The van der Waals surface area contributed by atoms with E-state index in [1.807, 2.05) is 12.1 Å². The Labute approximate surface area is 179 Å². The summed E-state index contributed by atoms with van der Waals surface area (Å²) in [4.78, 5) is 18.5. The van der Waals surface area contributed by atoms with Crippen LogP contribution in [0.25, 0.3) is 0 Å². The minimum atomic E-state index is -3.99. The molecule has 0 spiro atoms. The zero-order chi connectivity index (χ0) is 22.3. The summed E-state index contributed by atoms with van der Waals surface area (Å²) in [6, 6.07) is 16.1. The first kappa shape index (κ1) is 21.9. The van der Waals surface area contributed by atoms with Crippen LogP contribution in [0, 0.1) is 17.1 Å². The molecule has 0 aliphatic rings. The van der Waals surface area contributed by atoms with Gasteiger partial charge in [-0.05, 0) is 54.1 Å². The number of nitrogens with zero attached hydrogens (tertiary/aromatic N) is 3. The maximum Gasteiger partial charge on any atom is 0.261 e. The van der Waals surface area contributed by atoms with Gasteiger partial charge < -0.3 is 4.90 Å². The van der Waals surface area contributed by atoms with Gasteiger partial charge in [-0.15, -0.1) is 0 Å². The van der Waals surface area contributed by atoms with Crippen molar-refractivity contribution in [1.82, 2.24) is 9.88 Å². The van der Waals surface area contributed by atoms with E-state index in [0.29, 0.717) is 0 Å². The van der Waals surface area contributed by atoms with Crippen LogP contribution in [-0.4, -0.2) is 30.8 Å². The maximum absolute atomic E-state index is 13.1. The van der Waals surface area contributed by atoms with Gasteiger partial charge in [-0.2, -0.15) is 5.26 Å². The highest BCUT2D eigenvalue weighted by atomic mass is 32.2. The molecule has 2 aromatic carbocycles. The van der Waals surface area contributed by atoms with Crippen molar-refractivity contribution in [2.75, 3.05) is 11.3 Å². The van der Waals surface area contributed by atoms with E-state index in [1.54, 1.807) is 18.5 Å². The first-order chi connectivity index (χ1) is 14.9. The SMILES string of the molecule is N#CCCN(Cc1cccnc1)C(=O)c1cccc(S(=O)(=O)Nc2ccc(F)cc2)c1. The minimum Gasteiger partial charge on any atom is -0.333 e. The van der Waals surface area contributed by atoms with E-state index in [0.717, 1.165) is 17.7 Å². The van der Waals surface area contributed by atoms with E-state index in [4.69, 9.17) is 5.26 Å². The molecule has 3 rings (SSSR count). The van der Waals surface area contributed by atoms with Gasteiger partial charge in [-0.1, -0.05) is 12.1 Å². The second kappa shape index (κ2) is 9.82. The molecule has 0 radical (unpaired) electrons. The average Bonchev–Trinajstić information content (AvgIpc) is 2.78. The van der Waals surface area contributed by atoms with Crippen LogP contribution < -0.4 is 4.72 Å². The Hall–Kier alpha value is -3.77. The Morgan fingerprint density at radius 1 is 1.13 bits per heavy atom. The molecule has 0 saturated carbocycles. The lowest BCUT2D eigenvalue weighted by Gasteiger charge is -2.22. The first-order valence-corrected chi connectivity index (χ1v) is 10.8. The monoisotopic (exact) mass is 438 g/mol. The molecule has 9 heteroatoms. The number of amides is 1. The third-order valence-electron chi connectivity index (χ3n) is 4.36. The topological polar surface area (TPSA) is 103 Å². The highest BCUT2D eigenvalue weighted by Gasteiger charge is 2.20. The molecule has 0 aliphatic carbocycles. The fourth-order valence-corrected chi connectivity index (χ4v) is 3.96. The third-order valence-corrected chi connectivity index (χ3v) is 5.74. The summed E-state index contributed by atoms with van der Waals surface area (Å²) < 4.78 is 40.8. The van der Waals surface area contributed by atoms with Crippen LogP contribution in [0.15, 0.2) is 78.0 Å². The molecule has 0 fully saturated rings. The van der Waals surface area contributed by atoms with E-state index >= 15 is 0 Å². The Balaban J connectivity index is 1.84. The number of halogens is 1. The lowest BCUT2D eigenvalue weighted by molar-refractivity contribution is 0.0746. The van der Waals surface area contributed by atoms with Crippen molar-refractivity contribution in [3.8, 4) is 6.07 Å². The molecule has 0 aliphatic heterocycles. The second-order valence-corrected chi connectivity index (χ2v) is 8.32. The van der Waals surface area contributed by atoms with E-state index in [-0.39, 0.29) is 35.7 Å². The van der Waals surface area contributed by atoms with Gasteiger partial charge in [0.1, 0.15) is 5.82 Å². The standard InChI is InChI=1S/C22H19FN4O3S/c23-19-7-9-20(10-8-19)26-31(29,30)21-6-1-5-18(14-21)22(28)27(13-3-11-24)16-17-4-2-12-25-15-17/h1-2,4-10,12,14-15,26H,3,13,16H2. The minimum absolute atomic E-state index is 0.107. The molecule has 0 saturated heterocycles. The largest absolute Gasteiger partial charge is 0.333 e. The Morgan fingerprint density at radius 3 is 2.58 bits per heavy atom. The Bertz CT molecular complexity index is 1190. The number of carbonyl (C=O) groups is 1. The zero-order valence-electron chi connectivity index (χ0n) is 16.4. The molecule has 3 aromatic rings. The number of sulfonamides is 1. The van der Waals surface area contributed by atoms with Gasteiger partial charge in [-0.25, -0.2) is 12.8 Å². The second-order valence-electron chi connectivity index (χ2n) is 6.64. The summed E-state index contributed by atoms with van der Waals surface area (Å²) in [7, 11) is -3.99. The molecule has 31 heavy (non-hydrogen) atoms. The van der Waals surface area contributed by atoms with Crippen molar-refractivity contribution < 1.29 is 17.6 Å². The van der Waals surface area contributed by atoms with Gasteiger partial charge in [0.25, 0.3) is 15.9 Å². The first-order valence-electron chi connectivity index (χ1n) is 9.32. The molecule has 1 aromatic heterocycles. The van der Waals surface area contributed by atoms with Crippen molar-refractivity contribution in [1.29, 1.82) is 5.26 Å². The number of hydrogen-bond donors (Lipinski definition) is 1. The highest BCUT2D eigenvalue weighted by molar-refractivity contribution is 7.92. The predicted octanol–water partition coefficient (Wildman–Crippen LogP) is 3.58. The summed E-state index contributed by atoms with van der Waals surface area (Å²) in [5.41, 5.74) is 1.16. The smallest absolute Gasteiger partial charge is 0.261 e. The van der Waals surface area contributed by atoms with Crippen LogP contribution in [0.5, 0.6) is 0 Å². The number of carbonyl (C=O) groups excluding carboxylic acids is 1. The van der Waals surface area contributed by atoms with Crippen LogP contribution in [0.2, 0.25) is 0 Å². The highest BCUT2D eigenvalue weighted by Crippen LogP contribution is 2.19. The predicted molar refractivity (Wildman–Crippen MR) is 113 cm³/mol. The molecule has 1 N–H and O–H groups in total. The number of anilines is 1. The normalized spacial score (nSPS) is 10.8. The van der Waals surface area contributed by atoms with Gasteiger partial charge in [0.2, 0.25) is 0 Å². The van der Waals surface area contributed by atoms with Crippen molar-refractivity contribution in [2.45, 2.75) is 17.9 Å². The van der Waals surface area contributed by atoms with Crippen molar-refractivity contribution in [3.05, 3.63) is 90.0 Å². The lowest BCUT2D eigenvalue weighted by Crippen LogP contribution is -2.31. The molecule has 7 nitrogen and oxygen atoms in total. The summed E-state index contributed by atoms with van der Waals surface area (Å²) in [5, 5.41) is 8.93. The van der Waals surface area contributed by atoms with Crippen LogP contribution in [0.3, 0.4) is 0 Å². The number of rotatable bonds is 8. The number of aromatic nitrogens is 1. The van der Waals surface area contributed by atoms with Gasteiger partial charge >= 0.3 is 0 Å². The van der Waals surface area contributed by atoms with Crippen molar-refractivity contribution >= 4 is 21.6 Å². The van der Waals surface area contributed by atoms with Crippen LogP contribution >= 0.6 is 0 Å². The van der Waals surface area contributed by atoms with Crippen molar-refractivity contribution in [3.63, 3.8) is 0 Å². The molecular weight excluding hydrogens is 419 g/mol. The molecular formula is C22H19FN4O3S. The van der Waals surface area contributed by atoms with Gasteiger partial charge in [-0.3, -0.25) is 14.5 Å². The Kier molecular flexibility index (Phi) is 6.95. The number of benzene rings is 2. The summed E-state index contributed by atoms with van der Waals surface area (Å²) in [6.45, 7) is 0.425. The summed E-state index contributed by atoms with van der Waals surface area (Å²) in [5.74, 6) is -0.889. The molecule has 158 valence electrons. The molecule has 0 unspecified atom stereocenters. The van der Waals surface area contributed by atoms with Crippen LogP contribution in [-0.2, 0) is 16.6 Å². The van der Waals surface area contributed by atoms with Crippen LogP contribution in [0.4, 0.5) is 10.1 Å². The number of nitriles is 1. The fourth-order valence-electron chi connectivity index (χ4n) is 2.86. The fraction of sp³-hybridized carbons (Fsp3) is 0.136. The maximum atomic E-state index is 13.1. The zero-order valence-corrected chi connectivity index (χ0v) is 17.2. The Morgan fingerprint density at radius 2 is 1.90 bits per heavy atom. The van der Waals surface area contributed by atoms with Crippen LogP contribution in [0.1, 0.15) is 22.3 Å². The number of hydrogen-bond acceptors (Lipinski definition) is 5. The van der Waals surface area contributed by atoms with E-state index in [2.05, 4.69) is 9.71 Å². The molecule has 0 bridgehead atoms. The summed E-state index contributed by atoms with van der Waals surface area (Å²) in [6.07, 6.45) is 3.38. The molecule has 1 amide bonds. The molecule has 1 heterocycles. The van der Waals surface area contributed by atoms with Crippen molar-refractivity contribution in [2.24, 2.45) is 0 Å².